The van der Waals surface area contributed by atoms with Crippen molar-refractivity contribution in [2.45, 2.75) is 19.4 Å². The molecule has 1 saturated heterocycles. The van der Waals surface area contributed by atoms with Crippen molar-refractivity contribution >= 4 is 11.0 Å². The number of hydrogen-bond donors (Lipinski definition) is 0. The SMILES string of the molecule is CC1CCOC1c1nc2ccc(C#N)cc2n1C. The van der Waals surface area contributed by atoms with Gasteiger partial charge in [0.25, 0.3) is 0 Å². The van der Waals surface area contributed by atoms with Gasteiger partial charge >= 0.3 is 0 Å². The Kier molecular flexibility index (Phi) is 2.57. The standard InChI is InChI=1S/C14H15N3O/c1-9-5-6-18-13(9)14-16-11-4-3-10(8-15)7-12(11)17(14)2/h3-4,7,9,13H,5-6H2,1-2H3. The van der Waals surface area contributed by atoms with Gasteiger partial charge < -0.3 is 9.30 Å². The minimum atomic E-state index is 0.0768. The first-order valence-electron chi connectivity index (χ1n) is 6.19. The van der Waals surface area contributed by atoms with Gasteiger partial charge in [0.15, 0.2) is 0 Å². The molecule has 0 spiro atoms. The Morgan fingerprint density at radius 2 is 2.33 bits per heavy atom. The molecule has 92 valence electrons. The second kappa shape index (κ2) is 4.11. The first-order chi connectivity index (χ1) is 8.70. The van der Waals surface area contributed by atoms with Gasteiger partial charge in [0, 0.05) is 13.7 Å². The summed E-state index contributed by atoms with van der Waals surface area (Å²) in [5.41, 5.74) is 2.58. The summed E-state index contributed by atoms with van der Waals surface area (Å²) < 4.78 is 7.81. The Morgan fingerprint density at radius 1 is 1.50 bits per heavy atom. The number of benzene rings is 1. The second-order valence-corrected chi connectivity index (χ2v) is 4.90. The van der Waals surface area contributed by atoms with E-state index in [1.54, 1.807) is 6.07 Å². The Bertz CT molecular complexity index is 638. The van der Waals surface area contributed by atoms with Gasteiger partial charge in [0.1, 0.15) is 11.9 Å². The summed E-state index contributed by atoms with van der Waals surface area (Å²) in [4.78, 5) is 4.65. The molecule has 1 fully saturated rings. The van der Waals surface area contributed by atoms with Crippen molar-refractivity contribution in [2.24, 2.45) is 13.0 Å². The number of nitriles is 1. The van der Waals surface area contributed by atoms with Gasteiger partial charge in [0.2, 0.25) is 0 Å². The minimum Gasteiger partial charge on any atom is -0.370 e. The van der Waals surface area contributed by atoms with Crippen LogP contribution in [0, 0.1) is 17.2 Å². The summed E-state index contributed by atoms with van der Waals surface area (Å²) in [6.45, 7) is 3.00. The molecular weight excluding hydrogens is 226 g/mol. The molecule has 1 aromatic heterocycles. The zero-order valence-electron chi connectivity index (χ0n) is 10.6. The van der Waals surface area contributed by atoms with Gasteiger partial charge in [0.05, 0.1) is 22.7 Å². The summed E-state index contributed by atoms with van der Waals surface area (Å²) in [6, 6.07) is 7.75. The predicted octanol–water partition coefficient (Wildman–Crippen LogP) is 2.54. The van der Waals surface area contributed by atoms with Crippen LogP contribution in [0.25, 0.3) is 11.0 Å². The van der Waals surface area contributed by atoms with Crippen LogP contribution in [0.4, 0.5) is 0 Å². The molecule has 4 heteroatoms. The van der Waals surface area contributed by atoms with E-state index in [0.29, 0.717) is 11.5 Å². The molecular formula is C14H15N3O. The van der Waals surface area contributed by atoms with Crippen molar-refractivity contribution in [2.75, 3.05) is 6.61 Å². The number of nitrogens with zero attached hydrogens (tertiary/aromatic N) is 3. The van der Waals surface area contributed by atoms with Crippen LogP contribution >= 0.6 is 0 Å². The molecule has 18 heavy (non-hydrogen) atoms. The highest BCUT2D eigenvalue weighted by molar-refractivity contribution is 5.77. The van der Waals surface area contributed by atoms with E-state index in [9.17, 15) is 0 Å². The molecule has 0 N–H and O–H groups in total. The van der Waals surface area contributed by atoms with Crippen LogP contribution in [0.1, 0.15) is 30.8 Å². The summed E-state index contributed by atoms with van der Waals surface area (Å²) >= 11 is 0. The smallest absolute Gasteiger partial charge is 0.139 e. The average molecular weight is 241 g/mol. The van der Waals surface area contributed by atoms with Crippen molar-refractivity contribution in [3.05, 3.63) is 29.6 Å². The van der Waals surface area contributed by atoms with E-state index >= 15 is 0 Å². The molecule has 2 atom stereocenters. The van der Waals surface area contributed by atoms with Crippen molar-refractivity contribution in [1.29, 1.82) is 5.26 Å². The fraction of sp³-hybridized carbons (Fsp3) is 0.429. The third kappa shape index (κ3) is 1.59. The Balaban J connectivity index is 2.14. The molecule has 0 aliphatic carbocycles. The van der Waals surface area contributed by atoms with Crippen LogP contribution in [0.3, 0.4) is 0 Å². The zero-order valence-corrected chi connectivity index (χ0v) is 10.6. The number of rotatable bonds is 1. The lowest BCUT2D eigenvalue weighted by Gasteiger charge is -2.14. The first kappa shape index (κ1) is 11.2. The normalized spacial score (nSPS) is 23.4. The fourth-order valence-corrected chi connectivity index (χ4v) is 2.56. The van der Waals surface area contributed by atoms with Crippen LogP contribution in [-0.2, 0) is 11.8 Å². The van der Waals surface area contributed by atoms with Gasteiger partial charge in [-0.05, 0) is 30.5 Å². The van der Waals surface area contributed by atoms with E-state index < -0.39 is 0 Å². The maximum absolute atomic E-state index is 8.94. The van der Waals surface area contributed by atoms with Crippen molar-refractivity contribution in [1.82, 2.24) is 9.55 Å². The van der Waals surface area contributed by atoms with E-state index in [4.69, 9.17) is 10.00 Å². The fourth-order valence-electron chi connectivity index (χ4n) is 2.56. The molecule has 3 rings (SSSR count). The molecule has 1 aliphatic heterocycles. The van der Waals surface area contributed by atoms with Gasteiger partial charge in [-0.1, -0.05) is 6.92 Å². The summed E-state index contributed by atoms with van der Waals surface area (Å²) in [7, 11) is 1.99. The molecule has 0 amide bonds. The van der Waals surface area contributed by atoms with Crippen molar-refractivity contribution in [3.63, 3.8) is 0 Å². The third-order valence-corrected chi connectivity index (χ3v) is 3.69. The number of hydrogen-bond acceptors (Lipinski definition) is 3. The van der Waals surface area contributed by atoms with E-state index in [1.807, 2.05) is 23.7 Å². The lowest BCUT2D eigenvalue weighted by molar-refractivity contribution is 0.0855. The monoisotopic (exact) mass is 241 g/mol. The first-order valence-corrected chi connectivity index (χ1v) is 6.19. The quantitative estimate of drug-likeness (QED) is 0.771. The number of imidazole rings is 1. The Morgan fingerprint density at radius 3 is 3.00 bits per heavy atom. The lowest BCUT2D eigenvalue weighted by atomic mass is 10.0. The van der Waals surface area contributed by atoms with E-state index in [0.717, 1.165) is 29.9 Å². The zero-order chi connectivity index (χ0) is 12.7. The maximum atomic E-state index is 8.94. The maximum Gasteiger partial charge on any atom is 0.139 e. The number of fused-ring (bicyclic) bond motifs is 1. The van der Waals surface area contributed by atoms with Crippen molar-refractivity contribution in [3.8, 4) is 6.07 Å². The van der Waals surface area contributed by atoms with E-state index in [1.165, 1.54) is 0 Å². The summed E-state index contributed by atoms with van der Waals surface area (Å²) in [5.74, 6) is 1.46. The molecule has 4 nitrogen and oxygen atoms in total. The van der Waals surface area contributed by atoms with Gasteiger partial charge in [-0.25, -0.2) is 4.98 Å². The Labute approximate surface area is 106 Å². The van der Waals surface area contributed by atoms with Crippen LogP contribution in [0.15, 0.2) is 18.2 Å². The lowest BCUT2D eigenvalue weighted by Crippen LogP contribution is -2.10. The highest BCUT2D eigenvalue weighted by Gasteiger charge is 2.29. The molecule has 0 bridgehead atoms. The van der Waals surface area contributed by atoms with Gasteiger partial charge in [-0.2, -0.15) is 5.26 Å². The molecule has 0 radical (unpaired) electrons. The predicted molar refractivity (Wildman–Crippen MR) is 67.9 cm³/mol. The van der Waals surface area contributed by atoms with Crippen LogP contribution in [-0.4, -0.2) is 16.2 Å². The number of aromatic nitrogens is 2. The largest absolute Gasteiger partial charge is 0.370 e. The molecule has 2 heterocycles. The van der Waals surface area contributed by atoms with Crippen LogP contribution in [0.5, 0.6) is 0 Å². The van der Waals surface area contributed by atoms with Crippen molar-refractivity contribution < 1.29 is 4.74 Å². The topological polar surface area (TPSA) is 50.8 Å². The van der Waals surface area contributed by atoms with E-state index in [-0.39, 0.29) is 6.10 Å². The molecule has 2 unspecified atom stereocenters. The van der Waals surface area contributed by atoms with Gasteiger partial charge in [-0.15, -0.1) is 0 Å². The summed E-state index contributed by atoms with van der Waals surface area (Å²) in [6.07, 6.45) is 1.16. The second-order valence-electron chi connectivity index (χ2n) is 4.90. The number of aryl methyl sites for hydroxylation is 1. The molecule has 1 aromatic carbocycles. The van der Waals surface area contributed by atoms with Crippen LogP contribution in [0.2, 0.25) is 0 Å². The third-order valence-electron chi connectivity index (χ3n) is 3.69. The highest BCUT2D eigenvalue weighted by Crippen LogP contribution is 2.34. The molecule has 1 aliphatic rings. The number of ether oxygens (including phenoxy) is 1. The minimum absolute atomic E-state index is 0.0768. The molecule has 2 aromatic rings. The average Bonchev–Trinajstić information content (AvgIpc) is 2.93. The van der Waals surface area contributed by atoms with Gasteiger partial charge in [-0.3, -0.25) is 0 Å². The highest BCUT2D eigenvalue weighted by atomic mass is 16.5. The molecule has 0 saturated carbocycles. The Hall–Kier alpha value is -1.86. The van der Waals surface area contributed by atoms with Crippen LogP contribution < -0.4 is 0 Å². The summed E-state index contributed by atoms with van der Waals surface area (Å²) in [5, 5.41) is 8.94. The van der Waals surface area contributed by atoms with E-state index in [2.05, 4.69) is 18.0 Å².